The summed E-state index contributed by atoms with van der Waals surface area (Å²) in [6.07, 6.45) is 0. The second-order valence-electron chi connectivity index (χ2n) is 7.58. The zero-order chi connectivity index (χ0) is 21.9. The van der Waals surface area contributed by atoms with E-state index in [0.717, 1.165) is 41.0 Å². The van der Waals surface area contributed by atoms with E-state index in [4.69, 9.17) is 9.15 Å². The van der Waals surface area contributed by atoms with E-state index in [1.807, 2.05) is 49.4 Å². The average Bonchev–Trinajstić information content (AvgIpc) is 3.49. The van der Waals surface area contributed by atoms with Crippen LogP contribution in [0.5, 0.6) is 0 Å². The Hall–Kier alpha value is -3.17. The lowest BCUT2D eigenvalue weighted by molar-refractivity contribution is 0.122. The predicted octanol–water partition coefficient (Wildman–Crippen LogP) is 4.32. The largest absolute Gasteiger partial charge is 0.419 e. The van der Waals surface area contributed by atoms with Gasteiger partial charge in [-0.25, -0.2) is 0 Å². The number of morpholine rings is 1. The average molecular weight is 449 g/mol. The third-order valence-electron chi connectivity index (χ3n) is 5.36. The lowest BCUT2D eigenvalue weighted by Gasteiger charge is -2.28. The Balaban J connectivity index is 1.46. The minimum Gasteiger partial charge on any atom is -0.419 e. The molecular formula is C23H24N6O2S. The van der Waals surface area contributed by atoms with Crippen LogP contribution in [-0.2, 0) is 4.74 Å². The van der Waals surface area contributed by atoms with Gasteiger partial charge in [-0.05, 0) is 37.6 Å². The maximum atomic E-state index is 5.97. The van der Waals surface area contributed by atoms with E-state index in [9.17, 15) is 0 Å². The number of aromatic nitrogens is 5. The highest BCUT2D eigenvalue weighted by Gasteiger charge is 2.25. The fraction of sp³-hybridized carbons (Fsp3) is 0.304. The molecule has 0 aliphatic carbocycles. The first-order valence-electron chi connectivity index (χ1n) is 10.6. The summed E-state index contributed by atoms with van der Waals surface area (Å²) >= 11 is 1.56. The number of thioether (sulfide) groups is 1. The second-order valence-corrected chi connectivity index (χ2v) is 8.88. The van der Waals surface area contributed by atoms with Crippen LogP contribution in [0.25, 0.3) is 17.1 Å². The molecule has 4 aromatic rings. The molecule has 164 valence electrons. The fourth-order valence-corrected chi connectivity index (χ4v) is 4.52. The van der Waals surface area contributed by atoms with E-state index in [-0.39, 0.29) is 5.25 Å². The van der Waals surface area contributed by atoms with Crippen LogP contribution < -0.4 is 4.90 Å². The zero-order valence-electron chi connectivity index (χ0n) is 18.0. The molecule has 1 atom stereocenters. The Kier molecular flexibility index (Phi) is 5.91. The number of nitrogens with zero attached hydrogens (tertiary/aromatic N) is 6. The van der Waals surface area contributed by atoms with Gasteiger partial charge in [-0.15, -0.1) is 20.4 Å². The van der Waals surface area contributed by atoms with Gasteiger partial charge in [0.1, 0.15) is 0 Å². The van der Waals surface area contributed by atoms with E-state index in [1.165, 1.54) is 0 Å². The van der Waals surface area contributed by atoms with Gasteiger partial charge < -0.3 is 14.1 Å². The third kappa shape index (κ3) is 4.13. The Morgan fingerprint density at radius 1 is 0.906 bits per heavy atom. The molecule has 0 bridgehead atoms. The monoisotopic (exact) mass is 448 g/mol. The Bertz CT molecular complexity index is 1190. The topological polar surface area (TPSA) is 82.1 Å². The molecule has 1 fully saturated rings. The van der Waals surface area contributed by atoms with E-state index in [1.54, 1.807) is 11.8 Å². The first kappa shape index (κ1) is 20.7. The summed E-state index contributed by atoms with van der Waals surface area (Å²) in [5, 5.41) is 18.3. The number of para-hydroxylation sites is 1. The summed E-state index contributed by atoms with van der Waals surface area (Å²) in [6.45, 7) is 7.08. The summed E-state index contributed by atoms with van der Waals surface area (Å²) in [5.74, 6) is 1.90. The highest BCUT2D eigenvalue weighted by Crippen LogP contribution is 2.37. The van der Waals surface area contributed by atoms with Crippen LogP contribution in [0.15, 0.2) is 64.2 Å². The third-order valence-corrected chi connectivity index (χ3v) is 6.39. The summed E-state index contributed by atoms with van der Waals surface area (Å²) in [5.41, 5.74) is 3.12. The quantitative estimate of drug-likeness (QED) is 0.404. The molecule has 3 heterocycles. The van der Waals surface area contributed by atoms with Crippen LogP contribution >= 0.6 is 11.8 Å². The fourth-order valence-electron chi connectivity index (χ4n) is 3.64. The second kappa shape index (κ2) is 9.13. The van der Waals surface area contributed by atoms with Crippen molar-refractivity contribution in [2.24, 2.45) is 0 Å². The number of benzene rings is 2. The first-order chi connectivity index (χ1) is 15.7. The number of aryl methyl sites for hydroxylation is 1. The van der Waals surface area contributed by atoms with Gasteiger partial charge in [-0.1, -0.05) is 48.2 Å². The smallest absolute Gasteiger partial charge is 0.247 e. The summed E-state index contributed by atoms with van der Waals surface area (Å²) in [6, 6.07) is 18.0. The molecule has 2 aromatic carbocycles. The van der Waals surface area contributed by atoms with Gasteiger partial charge in [0.05, 0.1) is 24.2 Å². The summed E-state index contributed by atoms with van der Waals surface area (Å²) in [4.78, 5) is 2.22. The molecule has 0 radical (unpaired) electrons. The molecule has 0 amide bonds. The molecule has 9 heteroatoms. The van der Waals surface area contributed by atoms with Crippen LogP contribution in [0.1, 0.15) is 23.6 Å². The Morgan fingerprint density at radius 3 is 2.44 bits per heavy atom. The van der Waals surface area contributed by atoms with Gasteiger partial charge in [0.15, 0.2) is 5.16 Å². The van der Waals surface area contributed by atoms with Crippen molar-refractivity contribution >= 4 is 17.7 Å². The van der Waals surface area contributed by atoms with E-state index >= 15 is 0 Å². The summed E-state index contributed by atoms with van der Waals surface area (Å²) in [7, 11) is 0. The van der Waals surface area contributed by atoms with Crippen LogP contribution in [0, 0.1) is 6.92 Å². The van der Waals surface area contributed by atoms with Crippen LogP contribution in [0.3, 0.4) is 0 Å². The molecule has 0 saturated carbocycles. The number of hydrogen-bond acceptors (Lipinski definition) is 8. The molecule has 1 aliphatic heterocycles. The maximum Gasteiger partial charge on any atom is 0.247 e. The van der Waals surface area contributed by atoms with Crippen LogP contribution in [-0.4, -0.2) is 51.3 Å². The lowest BCUT2D eigenvalue weighted by Crippen LogP contribution is -2.38. The molecule has 2 aromatic heterocycles. The van der Waals surface area contributed by atoms with Crippen molar-refractivity contribution in [3.63, 3.8) is 0 Å². The van der Waals surface area contributed by atoms with E-state index in [0.29, 0.717) is 25.0 Å². The SMILES string of the molecule is Cc1ccccc1-n1c(S[C@@H](C)c2nnc(-c3ccccc3)o2)nnc1N1CCOCC1. The molecule has 1 aliphatic rings. The minimum atomic E-state index is -0.0931. The Morgan fingerprint density at radius 2 is 1.66 bits per heavy atom. The van der Waals surface area contributed by atoms with E-state index < -0.39 is 0 Å². The lowest BCUT2D eigenvalue weighted by atomic mass is 10.2. The highest BCUT2D eigenvalue weighted by atomic mass is 32.2. The molecule has 0 unspecified atom stereocenters. The highest BCUT2D eigenvalue weighted by molar-refractivity contribution is 7.99. The predicted molar refractivity (Wildman–Crippen MR) is 123 cm³/mol. The molecule has 5 rings (SSSR count). The number of anilines is 1. The minimum absolute atomic E-state index is 0.0931. The molecule has 1 saturated heterocycles. The van der Waals surface area contributed by atoms with Gasteiger partial charge >= 0.3 is 0 Å². The van der Waals surface area contributed by atoms with Gasteiger partial charge in [0, 0.05) is 18.7 Å². The van der Waals surface area contributed by atoms with Crippen molar-refractivity contribution < 1.29 is 9.15 Å². The van der Waals surface area contributed by atoms with Crippen molar-refractivity contribution in [1.29, 1.82) is 0 Å². The van der Waals surface area contributed by atoms with Crippen molar-refractivity contribution in [2.45, 2.75) is 24.3 Å². The van der Waals surface area contributed by atoms with Crippen molar-refractivity contribution in [3.8, 4) is 17.1 Å². The zero-order valence-corrected chi connectivity index (χ0v) is 18.8. The Labute approximate surface area is 190 Å². The number of ether oxygens (including phenoxy) is 1. The molecule has 32 heavy (non-hydrogen) atoms. The maximum absolute atomic E-state index is 5.97. The van der Waals surface area contributed by atoms with Crippen LogP contribution in [0.4, 0.5) is 5.95 Å². The van der Waals surface area contributed by atoms with Gasteiger partial charge in [0.2, 0.25) is 17.7 Å². The molecule has 8 nitrogen and oxygen atoms in total. The van der Waals surface area contributed by atoms with Crippen molar-refractivity contribution in [1.82, 2.24) is 25.0 Å². The summed E-state index contributed by atoms with van der Waals surface area (Å²) < 4.78 is 13.6. The molecule has 0 N–H and O–H groups in total. The number of hydrogen-bond donors (Lipinski definition) is 0. The van der Waals surface area contributed by atoms with Crippen molar-refractivity contribution in [3.05, 3.63) is 66.1 Å². The van der Waals surface area contributed by atoms with Gasteiger partial charge in [-0.3, -0.25) is 4.57 Å². The van der Waals surface area contributed by atoms with E-state index in [2.05, 4.69) is 48.9 Å². The van der Waals surface area contributed by atoms with Crippen LogP contribution in [0.2, 0.25) is 0 Å². The molecular weight excluding hydrogens is 424 g/mol. The van der Waals surface area contributed by atoms with Gasteiger partial charge in [-0.2, -0.15) is 0 Å². The van der Waals surface area contributed by atoms with Gasteiger partial charge in [0.25, 0.3) is 0 Å². The molecule has 0 spiro atoms. The first-order valence-corrected chi connectivity index (χ1v) is 11.5. The number of rotatable bonds is 6. The normalized spacial score (nSPS) is 15.1. The van der Waals surface area contributed by atoms with Crippen molar-refractivity contribution in [2.75, 3.05) is 31.2 Å². The standard InChI is InChI=1S/C23H24N6O2S/c1-16-8-6-7-11-19(16)29-22(28-12-14-30-15-13-28)26-27-23(29)32-17(2)20-24-25-21(31-20)18-9-4-3-5-10-18/h3-11,17H,12-15H2,1-2H3/t17-/m0/s1.